The number of hydrogen-bond acceptors (Lipinski definition) is 5. The van der Waals surface area contributed by atoms with Crippen molar-refractivity contribution in [3.8, 4) is 5.75 Å². The Morgan fingerprint density at radius 1 is 1.50 bits per heavy atom. The molecule has 18 heavy (non-hydrogen) atoms. The Morgan fingerprint density at radius 2 is 2.22 bits per heavy atom. The summed E-state index contributed by atoms with van der Waals surface area (Å²) < 4.78 is 10.4. The zero-order valence-electron chi connectivity index (χ0n) is 10.8. The third kappa shape index (κ3) is 3.97. The van der Waals surface area contributed by atoms with E-state index in [-0.39, 0.29) is 24.1 Å². The van der Waals surface area contributed by atoms with Crippen LogP contribution in [0.3, 0.4) is 0 Å². The highest BCUT2D eigenvalue weighted by Crippen LogP contribution is 2.28. The summed E-state index contributed by atoms with van der Waals surface area (Å²) in [7, 11) is 3.36. The molecule has 0 aliphatic carbocycles. The van der Waals surface area contributed by atoms with Crippen LogP contribution in [-0.4, -0.2) is 31.8 Å². The quantitative estimate of drug-likeness (QED) is 0.592. The Morgan fingerprint density at radius 3 is 2.78 bits per heavy atom. The van der Waals surface area contributed by atoms with Crippen molar-refractivity contribution in [2.45, 2.75) is 19.6 Å². The Hall–Kier alpha value is -1.66. The molecule has 0 heterocycles. The summed E-state index contributed by atoms with van der Waals surface area (Å²) in [5.74, 6) is 0.267. The second-order valence-corrected chi connectivity index (χ2v) is 3.95. The molecule has 1 unspecified atom stereocenters. The molecule has 0 aliphatic rings. The highest BCUT2D eigenvalue weighted by molar-refractivity contribution is 5.48. The van der Waals surface area contributed by atoms with Gasteiger partial charge in [-0.2, -0.15) is 0 Å². The molecule has 0 bridgehead atoms. The van der Waals surface area contributed by atoms with Crippen LogP contribution in [0.1, 0.15) is 12.5 Å². The van der Waals surface area contributed by atoms with Crippen LogP contribution < -0.4 is 10.1 Å². The molecule has 1 atom stereocenters. The minimum atomic E-state index is -0.439. The van der Waals surface area contributed by atoms with Gasteiger partial charge in [-0.25, -0.2) is 0 Å². The molecule has 6 heteroatoms. The van der Waals surface area contributed by atoms with Crippen LogP contribution in [0.15, 0.2) is 18.2 Å². The molecular formula is C12H18N2O4. The third-order valence-electron chi connectivity index (χ3n) is 2.48. The Kier molecular flexibility index (Phi) is 5.54. The smallest absolute Gasteiger partial charge is 0.311 e. The van der Waals surface area contributed by atoms with Gasteiger partial charge in [0.1, 0.15) is 6.61 Å². The van der Waals surface area contributed by atoms with Crippen molar-refractivity contribution in [2.75, 3.05) is 20.8 Å². The molecule has 0 fully saturated rings. The van der Waals surface area contributed by atoms with Gasteiger partial charge >= 0.3 is 5.69 Å². The molecule has 0 aromatic heterocycles. The summed E-state index contributed by atoms with van der Waals surface area (Å²) in [6.45, 7) is 2.69. The van der Waals surface area contributed by atoms with Gasteiger partial charge in [-0.3, -0.25) is 10.1 Å². The summed E-state index contributed by atoms with van der Waals surface area (Å²) in [6, 6.07) is 4.94. The molecule has 1 aromatic carbocycles. The van der Waals surface area contributed by atoms with Crippen LogP contribution >= 0.6 is 0 Å². The molecule has 0 saturated carbocycles. The van der Waals surface area contributed by atoms with Crippen LogP contribution in [0.5, 0.6) is 5.75 Å². The number of hydrogen-bond donors (Lipinski definition) is 1. The lowest BCUT2D eigenvalue weighted by Gasteiger charge is -2.12. The van der Waals surface area contributed by atoms with E-state index in [1.807, 2.05) is 6.92 Å². The molecule has 0 aliphatic heterocycles. The number of benzene rings is 1. The molecule has 0 saturated heterocycles. The van der Waals surface area contributed by atoms with E-state index in [4.69, 9.17) is 9.47 Å². The largest absolute Gasteiger partial charge is 0.484 e. The van der Waals surface area contributed by atoms with E-state index in [1.165, 1.54) is 6.07 Å². The van der Waals surface area contributed by atoms with Crippen molar-refractivity contribution in [1.29, 1.82) is 0 Å². The van der Waals surface area contributed by atoms with E-state index in [1.54, 1.807) is 26.3 Å². The first kappa shape index (κ1) is 14.4. The predicted octanol–water partition coefficient (Wildman–Crippen LogP) is 1.73. The third-order valence-corrected chi connectivity index (χ3v) is 2.48. The first-order valence-electron chi connectivity index (χ1n) is 5.66. The van der Waals surface area contributed by atoms with Gasteiger partial charge in [-0.1, -0.05) is 6.07 Å². The van der Waals surface area contributed by atoms with Gasteiger partial charge in [-0.05, 0) is 25.6 Å². The van der Waals surface area contributed by atoms with E-state index < -0.39 is 4.92 Å². The van der Waals surface area contributed by atoms with E-state index in [2.05, 4.69) is 5.32 Å². The van der Waals surface area contributed by atoms with Gasteiger partial charge in [-0.15, -0.1) is 0 Å². The molecule has 0 spiro atoms. The van der Waals surface area contributed by atoms with Crippen LogP contribution in [0, 0.1) is 10.1 Å². The lowest BCUT2D eigenvalue weighted by molar-refractivity contribution is -0.386. The molecule has 100 valence electrons. The topological polar surface area (TPSA) is 73.6 Å². The molecular weight excluding hydrogens is 236 g/mol. The maximum Gasteiger partial charge on any atom is 0.311 e. The van der Waals surface area contributed by atoms with E-state index in [0.717, 1.165) is 5.56 Å². The molecule has 0 amide bonds. The number of methoxy groups -OCH3 is 1. The highest BCUT2D eigenvalue weighted by atomic mass is 16.6. The fourth-order valence-electron chi connectivity index (χ4n) is 1.42. The maximum absolute atomic E-state index is 11.0. The first-order chi connectivity index (χ1) is 8.58. The molecule has 1 N–H and O–H groups in total. The molecule has 6 nitrogen and oxygen atoms in total. The van der Waals surface area contributed by atoms with Crippen molar-refractivity contribution < 1.29 is 14.4 Å². The monoisotopic (exact) mass is 254 g/mol. The van der Waals surface area contributed by atoms with E-state index >= 15 is 0 Å². The molecule has 1 aromatic rings. The summed E-state index contributed by atoms with van der Waals surface area (Å²) >= 11 is 0. The van der Waals surface area contributed by atoms with Crippen molar-refractivity contribution in [1.82, 2.24) is 5.32 Å². The number of nitrogens with zero attached hydrogens (tertiary/aromatic N) is 1. The standard InChI is InChI=1S/C12H18N2O4/c1-9(17-3)8-18-12-5-4-10(7-13-2)6-11(12)14(15)16/h4-6,9,13H,7-8H2,1-3H3. The van der Waals surface area contributed by atoms with Gasteiger partial charge in [0, 0.05) is 19.7 Å². The second-order valence-electron chi connectivity index (χ2n) is 3.95. The van der Waals surface area contributed by atoms with Crippen molar-refractivity contribution in [3.05, 3.63) is 33.9 Å². The van der Waals surface area contributed by atoms with Gasteiger partial charge in [0.25, 0.3) is 0 Å². The minimum Gasteiger partial charge on any atom is -0.484 e. The van der Waals surface area contributed by atoms with E-state index in [0.29, 0.717) is 6.54 Å². The van der Waals surface area contributed by atoms with E-state index in [9.17, 15) is 10.1 Å². The van der Waals surface area contributed by atoms with Crippen LogP contribution in [0.4, 0.5) is 5.69 Å². The lowest BCUT2D eigenvalue weighted by atomic mass is 10.2. The van der Waals surface area contributed by atoms with Gasteiger partial charge < -0.3 is 14.8 Å². The Labute approximate surface area is 106 Å². The number of ether oxygens (including phenoxy) is 2. The summed E-state index contributed by atoms with van der Waals surface area (Å²) in [5.41, 5.74) is 0.822. The fraction of sp³-hybridized carbons (Fsp3) is 0.500. The number of nitro benzene ring substituents is 1. The number of nitrogens with one attached hydrogen (secondary N) is 1. The van der Waals surface area contributed by atoms with Crippen LogP contribution in [-0.2, 0) is 11.3 Å². The lowest BCUT2D eigenvalue weighted by Crippen LogP contribution is -2.16. The Bertz CT molecular complexity index is 409. The van der Waals surface area contributed by atoms with Crippen molar-refractivity contribution >= 4 is 5.69 Å². The SMILES string of the molecule is CNCc1ccc(OCC(C)OC)c([N+](=O)[O-])c1. The summed E-state index contributed by atoms with van der Waals surface area (Å²) in [5, 5.41) is 13.9. The van der Waals surface area contributed by atoms with Gasteiger partial charge in [0.15, 0.2) is 5.75 Å². The first-order valence-corrected chi connectivity index (χ1v) is 5.66. The predicted molar refractivity (Wildman–Crippen MR) is 67.8 cm³/mol. The number of rotatable bonds is 7. The number of nitro groups is 1. The zero-order valence-corrected chi connectivity index (χ0v) is 10.8. The van der Waals surface area contributed by atoms with Crippen molar-refractivity contribution in [2.24, 2.45) is 0 Å². The zero-order chi connectivity index (χ0) is 13.5. The maximum atomic E-state index is 11.0. The average molecular weight is 254 g/mol. The van der Waals surface area contributed by atoms with Crippen LogP contribution in [0.25, 0.3) is 0 Å². The summed E-state index contributed by atoms with van der Waals surface area (Å²) in [4.78, 5) is 10.5. The Balaban J connectivity index is 2.86. The summed E-state index contributed by atoms with van der Waals surface area (Å²) in [6.07, 6.45) is -0.110. The normalized spacial score (nSPS) is 12.2. The highest BCUT2D eigenvalue weighted by Gasteiger charge is 2.16. The minimum absolute atomic E-state index is 0.0222. The van der Waals surface area contributed by atoms with Crippen LogP contribution in [0.2, 0.25) is 0 Å². The second kappa shape index (κ2) is 6.93. The molecule has 1 rings (SSSR count). The molecule has 0 radical (unpaired) electrons. The van der Waals surface area contributed by atoms with Gasteiger partial charge in [0.2, 0.25) is 0 Å². The average Bonchev–Trinajstić information content (AvgIpc) is 2.36. The fourth-order valence-corrected chi connectivity index (χ4v) is 1.42. The van der Waals surface area contributed by atoms with Gasteiger partial charge in [0.05, 0.1) is 11.0 Å². The van der Waals surface area contributed by atoms with Crippen molar-refractivity contribution in [3.63, 3.8) is 0 Å².